The molecule has 1 aromatic rings. The summed E-state index contributed by atoms with van der Waals surface area (Å²) in [6.45, 7) is 3.46. The summed E-state index contributed by atoms with van der Waals surface area (Å²) in [5.41, 5.74) is 1.75. The highest BCUT2D eigenvalue weighted by Gasteiger charge is 2.37. The largest absolute Gasteiger partial charge is 0.395 e. The average Bonchev–Trinajstić information content (AvgIpc) is 2.55. The number of carbonyl (C=O) groups excluding carboxylic acids is 3. The van der Waals surface area contributed by atoms with Gasteiger partial charge in [-0.15, -0.1) is 0 Å². The van der Waals surface area contributed by atoms with Crippen LogP contribution in [0.1, 0.15) is 11.1 Å². The lowest BCUT2D eigenvalue weighted by Gasteiger charge is -2.29. The Labute approximate surface area is 145 Å². The second-order valence-corrected chi connectivity index (χ2v) is 5.72. The molecule has 3 N–H and O–H groups in total. The maximum absolute atomic E-state index is 12.8. The number of aliphatic hydroxyl groups excluding tert-OH is 2. The van der Waals surface area contributed by atoms with Gasteiger partial charge in [-0.05, 0) is 31.0 Å². The number of benzene rings is 1. The molecule has 1 fully saturated rings. The van der Waals surface area contributed by atoms with E-state index in [2.05, 4.69) is 5.32 Å². The molecule has 4 amide bonds. The summed E-state index contributed by atoms with van der Waals surface area (Å²) < 4.78 is 0. The lowest BCUT2D eigenvalue weighted by molar-refractivity contribution is -0.122. The fourth-order valence-corrected chi connectivity index (χ4v) is 2.50. The number of nitrogens with zero attached hydrogens (tertiary/aromatic N) is 2. The Morgan fingerprint density at radius 1 is 1.12 bits per heavy atom. The van der Waals surface area contributed by atoms with Gasteiger partial charge < -0.3 is 15.1 Å². The molecule has 8 heteroatoms. The number of hydrogen-bond acceptors (Lipinski definition) is 6. The molecule has 0 saturated carbocycles. The summed E-state index contributed by atoms with van der Waals surface area (Å²) in [7, 11) is 0. The first kappa shape index (κ1) is 18.6. The summed E-state index contributed by atoms with van der Waals surface area (Å²) in [5.74, 6) is -1.55. The molecule has 8 nitrogen and oxygen atoms in total. The molecular formula is C17H21N3O5. The van der Waals surface area contributed by atoms with Crippen LogP contribution >= 0.6 is 0 Å². The molecule has 1 saturated heterocycles. The van der Waals surface area contributed by atoms with E-state index in [1.807, 2.05) is 13.0 Å². The van der Waals surface area contributed by atoms with Crippen LogP contribution in [0, 0.1) is 13.8 Å². The molecule has 0 spiro atoms. The number of carbonyl (C=O) groups is 3. The first-order valence-corrected chi connectivity index (χ1v) is 7.83. The number of urea groups is 1. The maximum Gasteiger partial charge on any atom is 0.335 e. The Morgan fingerprint density at radius 2 is 1.76 bits per heavy atom. The summed E-state index contributed by atoms with van der Waals surface area (Å²) in [4.78, 5) is 39.5. The third-order valence-corrected chi connectivity index (χ3v) is 3.79. The zero-order chi connectivity index (χ0) is 18.6. The van der Waals surface area contributed by atoms with Gasteiger partial charge in [0.05, 0.1) is 18.9 Å². The van der Waals surface area contributed by atoms with Crippen molar-refractivity contribution in [2.24, 2.45) is 0 Å². The molecule has 0 atom stereocenters. The van der Waals surface area contributed by atoms with Crippen LogP contribution in [0.4, 0.5) is 10.5 Å². The van der Waals surface area contributed by atoms with E-state index >= 15 is 0 Å². The van der Waals surface area contributed by atoms with Gasteiger partial charge in [0.2, 0.25) is 0 Å². The Bertz CT molecular complexity index is 723. The zero-order valence-corrected chi connectivity index (χ0v) is 14.2. The van der Waals surface area contributed by atoms with Crippen molar-refractivity contribution in [3.05, 3.63) is 41.1 Å². The van der Waals surface area contributed by atoms with E-state index in [1.165, 1.54) is 11.1 Å². The minimum Gasteiger partial charge on any atom is -0.395 e. The molecule has 134 valence electrons. The normalized spacial score (nSPS) is 16.4. The summed E-state index contributed by atoms with van der Waals surface area (Å²) in [5, 5.41) is 20.3. The fourth-order valence-electron chi connectivity index (χ4n) is 2.50. The van der Waals surface area contributed by atoms with Gasteiger partial charge in [0.25, 0.3) is 11.8 Å². The predicted octanol–water partition coefficient (Wildman–Crippen LogP) is 0.0567. The summed E-state index contributed by atoms with van der Waals surface area (Å²) >= 11 is 0. The molecule has 0 aliphatic carbocycles. The van der Waals surface area contributed by atoms with Crippen LogP contribution in [0.3, 0.4) is 0 Å². The van der Waals surface area contributed by atoms with E-state index in [4.69, 9.17) is 10.2 Å². The van der Waals surface area contributed by atoms with Gasteiger partial charge in [0, 0.05) is 19.3 Å². The number of rotatable bonds is 6. The van der Waals surface area contributed by atoms with Crippen molar-refractivity contribution in [1.29, 1.82) is 0 Å². The second-order valence-electron chi connectivity index (χ2n) is 5.72. The standard InChI is InChI=1S/C17H21N3O5/c1-11-3-4-12(2)14(9-11)20-16(24)13(15(23)18-17(20)25)10-19(5-7-21)6-8-22/h3-4,9-10,21-22H,5-8H2,1-2H3,(H,18,23,25)/b13-10+. The highest BCUT2D eigenvalue weighted by atomic mass is 16.3. The Balaban J connectivity index is 2.43. The number of aliphatic hydroxyl groups is 2. The molecule has 1 aliphatic heterocycles. The number of amides is 4. The third-order valence-electron chi connectivity index (χ3n) is 3.79. The molecule has 0 aromatic heterocycles. The van der Waals surface area contributed by atoms with Crippen LogP contribution in [0.5, 0.6) is 0 Å². The van der Waals surface area contributed by atoms with Crippen LogP contribution in [0.15, 0.2) is 30.0 Å². The van der Waals surface area contributed by atoms with Crippen molar-refractivity contribution in [3.8, 4) is 0 Å². The van der Waals surface area contributed by atoms with E-state index < -0.39 is 17.8 Å². The number of barbiturate groups is 1. The molecule has 25 heavy (non-hydrogen) atoms. The number of aryl methyl sites for hydroxylation is 2. The maximum atomic E-state index is 12.8. The van der Waals surface area contributed by atoms with Crippen LogP contribution in [0.25, 0.3) is 0 Å². The van der Waals surface area contributed by atoms with Gasteiger partial charge in [-0.1, -0.05) is 12.1 Å². The van der Waals surface area contributed by atoms with E-state index in [0.29, 0.717) is 11.3 Å². The topological polar surface area (TPSA) is 110 Å². The third kappa shape index (κ3) is 4.04. The quantitative estimate of drug-likeness (QED) is 0.496. The van der Waals surface area contributed by atoms with Crippen LogP contribution in [0.2, 0.25) is 0 Å². The van der Waals surface area contributed by atoms with E-state index in [-0.39, 0.29) is 31.9 Å². The molecule has 0 unspecified atom stereocenters. The van der Waals surface area contributed by atoms with E-state index in [9.17, 15) is 14.4 Å². The number of nitrogens with one attached hydrogen (secondary N) is 1. The molecular weight excluding hydrogens is 326 g/mol. The lowest BCUT2D eigenvalue weighted by Crippen LogP contribution is -2.55. The minimum atomic E-state index is -0.809. The van der Waals surface area contributed by atoms with Crippen molar-refractivity contribution in [2.75, 3.05) is 31.2 Å². The van der Waals surface area contributed by atoms with Gasteiger partial charge in [-0.3, -0.25) is 14.9 Å². The lowest BCUT2D eigenvalue weighted by atomic mass is 10.1. The highest BCUT2D eigenvalue weighted by Crippen LogP contribution is 2.25. The molecule has 0 radical (unpaired) electrons. The summed E-state index contributed by atoms with van der Waals surface area (Å²) in [6, 6.07) is 4.53. The Hall–Kier alpha value is -2.71. The van der Waals surface area contributed by atoms with Gasteiger partial charge in [0.1, 0.15) is 5.57 Å². The fraction of sp³-hybridized carbons (Fsp3) is 0.353. The van der Waals surface area contributed by atoms with Crippen molar-refractivity contribution < 1.29 is 24.6 Å². The smallest absolute Gasteiger partial charge is 0.335 e. The van der Waals surface area contributed by atoms with Gasteiger partial charge in [0.15, 0.2) is 0 Å². The van der Waals surface area contributed by atoms with Crippen molar-refractivity contribution in [1.82, 2.24) is 10.2 Å². The number of anilines is 1. The van der Waals surface area contributed by atoms with Crippen molar-refractivity contribution >= 4 is 23.5 Å². The van der Waals surface area contributed by atoms with E-state index in [0.717, 1.165) is 10.5 Å². The highest BCUT2D eigenvalue weighted by molar-refractivity contribution is 6.37. The predicted molar refractivity (Wildman–Crippen MR) is 90.8 cm³/mol. The van der Waals surface area contributed by atoms with Gasteiger partial charge in [-0.2, -0.15) is 0 Å². The first-order valence-electron chi connectivity index (χ1n) is 7.83. The average molecular weight is 347 g/mol. The monoisotopic (exact) mass is 347 g/mol. The van der Waals surface area contributed by atoms with Crippen LogP contribution in [-0.2, 0) is 9.59 Å². The molecule has 1 aromatic carbocycles. The Morgan fingerprint density at radius 3 is 2.36 bits per heavy atom. The van der Waals surface area contributed by atoms with E-state index in [1.54, 1.807) is 19.1 Å². The zero-order valence-electron chi connectivity index (χ0n) is 14.2. The van der Waals surface area contributed by atoms with Crippen LogP contribution in [-0.4, -0.2) is 59.3 Å². The SMILES string of the molecule is Cc1ccc(C)c(N2C(=O)NC(=O)/C(=C\N(CCO)CCO)C2=O)c1. The van der Waals surface area contributed by atoms with Crippen molar-refractivity contribution in [3.63, 3.8) is 0 Å². The van der Waals surface area contributed by atoms with Crippen LogP contribution < -0.4 is 10.2 Å². The number of hydrogen-bond donors (Lipinski definition) is 3. The summed E-state index contributed by atoms with van der Waals surface area (Å²) in [6.07, 6.45) is 1.26. The molecule has 1 aliphatic rings. The Kier molecular flexibility index (Phi) is 5.89. The molecule has 1 heterocycles. The molecule has 0 bridgehead atoms. The molecule has 2 rings (SSSR count). The first-order chi connectivity index (χ1) is 11.9. The van der Waals surface area contributed by atoms with Gasteiger partial charge in [-0.25, -0.2) is 9.69 Å². The van der Waals surface area contributed by atoms with Gasteiger partial charge >= 0.3 is 6.03 Å². The number of imide groups is 2. The minimum absolute atomic E-state index is 0.141. The van der Waals surface area contributed by atoms with Crippen molar-refractivity contribution in [2.45, 2.75) is 13.8 Å². The second kappa shape index (κ2) is 7.91.